The van der Waals surface area contributed by atoms with Crippen LogP contribution in [0.25, 0.3) is 5.82 Å². The number of aromatic nitrogens is 4. The summed E-state index contributed by atoms with van der Waals surface area (Å²) in [4.78, 5) is 28.3. The van der Waals surface area contributed by atoms with Crippen molar-refractivity contribution in [3.05, 3.63) is 40.2 Å². The zero-order valence-electron chi connectivity index (χ0n) is 8.34. The van der Waals surface area contributed by atoms with Crippen LogP contribution in [-0.2, 0) is 0 Å². The number of rotatable bonds is 2. The molecule has 2 rings (SSSR count). The first-order valence-corrected chi connectivity index (χ1v) is 4.43. The number of hydrogen-bond donors (Lipinski definition) is 2. The quantitative estimate of drug-likeness (QED) is 0.739. The van der Waals surface area contributed by atoms with Crippen molar-refractivity contribution >= 4 is 5.97 Å². The van der Waals surface area contributed by atoms with Crippen LogP contribution >= 0.6 is 0 Å². The lowest BCUT2D eigenvalue weighted by molar-refractivity contribution is 0.0690. The zero-order valence-corrected chi connectivity index (χ0v) is 8.34. The molecule has 0 saturated heterocycles. The molecule has 2 heterocycles. The standard InChI is InChI=1S/C9H8N4O3/c1-5-10-7(4-8(14)11-5)13-3-2-6(12-13)9(15)16/h2-4H,1H3,(H,15,16)(H,10,11,14). The molecule has 16 heavy (non-hydrogen) atoms. The lowest BCUT2D eigenvalue weighted by Crippen LogP contribution is -2.12. The number of nitrogens with zero attached hydrogens (tertiary/aromatic N) is 3. The Balaban J connectivity index is 2.50. The average molecular weight is 220 g/mol. The van der Waals surface area contributed by atoms with Gasteiger partial charge in [-0.1, -0.05) is 0 Å². The Kier molecular flexibility index (Phi) is 2.28. The van der Waals surface area contributed by atoms with Gasteiger partial charge in [-0.05, 0) is 13.0 Å². The molecular formula is C9H8N4O3. The summed E-state index contributed by atoms with van der Waals surface area (Å²) >= 11 is 0. The predicted octanol–water partition coefficient (Wildman–Crippen LogP) is -0.0378. The minimum absolute atomic E-state index is 0.0975. The van der Waals surface area contributed by atoms with E-state index in [1.54, 1.807) is 6.92 Å². The van der Waals surface area contributed by atoms with Gasteiger partial charge in [0.2, 0.25) is 0 Å². The van der Waals surface area contributed by atoms with Crippen molar-refractivity contribution in [2.24, 2.45) is 0 Å². The van der Waals surface area contributed by atoms with Gasteiger partial charge in [0.05, 0.1) is 0 Å². The Hall–Kier alpha value is -2.44. The van der Waals surface area contributed by atoms with Gasteiger partial charge in [0.25, 0.3) is 5.56 Å². The maximum atomic E-state index is 11.2. The van der Waals surface area contributed by atoms with Gasteiger partial charge in [-0.25, -0.2) is 14.5 Å². The summed E-state index contributed by atoms with van der Waals surface area (Å²) in [7, 11) is 0. The fourth-order valence-electron chi connectivity index (χ4n) is 1.25. The van der Waals surface area contributed by atoms with Crippen molar-refractivity contribution in [1.82, 2.24) is 19.7 Å². The summed E-state index contributed by atoms with van der Waals surface area (Å²) in [6, 6.07) is 2.58. The van der Waals surface area contributed by atoms with E-state index in [4.69, 9.17) is 5.11 Å². The van der Waals surface area contributed by atoms with Gasteiger partial charge in [0.15, 0.2) is 11.5 Å². The van der Waals surface area contributed by atoms with Crippen LogP contribution < -0.4 is 5.56 Å². The van der Waals surface area contributed by atoms with E-state index in [0.717, 1.165) is 0 Å². The number of carboxylic acids is 1. The highest BCUT2D eigenvalue weighted by atomic mass is 16.4. The molecule has 82 valence electrons. The van der Waals surface area contributed by atoms with E-state index in [9.17, 15) is 9.59 Å². The predicted molar refractivity (Wildman–Crippen MR) is 53.7 cm³/mol. The van der Waals surface area contributed by atoms with Crippen LogP contribution in [0.1, 0.15) is 16.3 Å². The first-order valence-electron chi connectivity index (χ1n) is 4.43. The van der Waals surface area contributed by atoms with Gasteiger partial charge < -0.3 is 10.1 Å². The molecule has 7 nitrogen and oxygen atoms in total. The smallest absolute Gasteiger partial charge is 0.356 e. The molecule has 0 aliphatic rings. The summed E-state index contributed by atoms with van der Waals surface area (Å²) < 4.78 is 1.24. The highest BCUT2D eigenvalue weighted by Crippen LogP contribution is 2.02. The molecule has 0 atom stereocenters. The van der Waals surface area contributed by atoms with Gasteiger partial charge >= 0.3 is 5.97 Å². The highest BCUT2D eigenvalue weighted by Gasteiger charge is 2.08. The third-order valence-electron chi connectivity index (χ3n) is 1.89. The Morgan fingerprint density at radius 3 is 2.88 bits per heavy atom. The number of nitrogens with one attached hydrogen (secondary N) is 1. The number of aryl methyl sites for hydroxylation is 1. The van der Waals surface area contributed by atoms with E-state index < -0.39 is 5.97 Å². The number of carbonyl (C=O) groups is 1. The Bertz CT molecular complexity index is 599. The monoisotopic (exact) mass is 220 g/mol. The van der Waals surface area contributed by atoms with Gasteiger partial charge in [0, 0.05) is 12.3 Å². The van der Waals surface area contributed by atoms with Crippen molar-refractivity contribution in [3.8, 4) is 5.82 Å². The second-order valence-corrected chi connectivity index (χ2v) is 3.14. The summed E-state index contributed by atoms with van der Waals surface area (Å²) in [6.07, 6.45) is 1.44. The molecule has 0 fully saturated rings. The lowest BCUT2D eigenvalue weighted by Gasteiger charge is -1.99. The second kappa shape index (κ2) is 3.61. The van der Waals surface area contributed by atoms with Crippen molar-refractivity contribution in [2.45, 2.75) is 6.92 Å². The SMILES string of the molecule is Cc1nc(-n2ccc(C(=O)O)n2)cc(=O)[nH]1. The fraction of sp³-hybridized carbons (Fsp3) is 0.111. The van der Waals surface area contributed by atoms with Crippen molar-refractivity contribution in [1.29, 1.82) is 0 Å². The number of hydrogen-bond acceptors (Lipinski definition) is 4. The van der Waals surface area contributed by atoms with Crippen LogP contribution in [0.2, 0.25) is 0 Å². The van der Waals surface area contributed by atoms with E-state index in [1.807, 2.05) is 0 Å². The fourth-order valence-corrected chi connectivity index (χ4v) is 1.25. The molecule has 0 bridgehead atoms. The topological polar surface area (TPSA) is 101 Å². The van der Waals surface area contributed by atoms with Gasteiger partial charge in [-0.15, -0.1) is 0 Å². The molecule has 2 aromatic heterocycles. The van der Waals surface area contributed by atoms with Gasteiger partial charge in [-0.2, -0.15) is 5.10 Å². The minimum atomic E-state index is -1.12. The molecule has 0 amide bonds. The van der Waals surface area contributed by atoms with Gasteiger partial charge in [-0.3, -0.25) is 4.79 Å². The van der Waals surface area contributed by atoms with Crippen molar-refractivity contribution < 1.29 is 9.90 Å². The molecule has 0 spiro atoms. The zero-order chi connectivity index (χ0) is 11.7. The third kappa shape index (κ3) is 1.83. The molecule has 0 aliphatic heterocycles. The number of carboxylic acid groups (broad SMARTS) is 1. The number of aromatic amines is 1. The Labute approximate surface area is 89.4 Å². The van der Waals surface area contributed by atoms with E-state index in [-0.39, 0.29) is 17.1 Å². The van der Waals surface area contributed by atoms with Crippen molar-refractivity contribution in [3.63, 3.8) is 0 Å². The highest BCUT2D eigenvalue weighted by molar-refractivity contribution is 5.85. The van der Waals surface area contributed by atoms with E-state index >= 15 is 0 Å². The first-order chi connectivity index (χ1) is 7.56. The third-order valence-corrected chi connectivity index (χ3v) is 1.89. The Morgan fingerprint density at radius 1 is 1.56 bits per heavy atom. The molecule has 0 aliphatic carbocycles. The second-order valence-electron chi connectivity index (χ2n) is 3.14. The largest absolute Gasteiger partial charge is 0.476 e. The summed E-state index contributed by atoms with van der Waals surface area (Å²) in [5.74, 6) is -0.399. The van der Waals surface area contributed by atoms with Crippen LogP contribution in [0.15, 0.2) is 23.1 Å². The first kappa shape index (κ1) is 10.1. The molecule has 0 aromatic carbocycles. The molecule has 2 aromatic rings. The van der Waals surface area contributed by atoms with Crippen LogP contribution in [0, 0.1) is 6.92 Å². The van der Waals surface area contributed by atoms with Crippen molar-refractivity contribution in [2.75, 3.05) is 0 Å². The van der Waals surface area contributed by atoms with Crippen LogP contribution in [-0.4, -0.2) is 30.8 Å². The van der Waals surface area contributed by atoms with E-state index in [2.05, 4.69) is 15.1 Å². The normalized spacial score (nSPS) is 10.3. The van der Waals surface area contributed by atoms with Crippen LogP contribution in [0.3, 0.4) is 0 Å². The molecule has 7 heteroatoms. The number of aromatic carboxylic acids is 1. The molecule has 0 unspecified atom stereocenters. The minimum Gasteiger partial charge on any atom is -0.476 e. The summed E-state index contributed by atoms with van der Waals surface area (Å²) in [6.45, 7) is 1.63. The molecule has 0 saturated carbocycles. The molecule has 2 N–H and O–H groups in total. The van der Waals surface area contributed by atoms with E-state index in [0.29, 0.717) is 5.82 Å². The molecule has 0 radical (unpaired) electrons. The average Bonchev–Trinajstić information content (AvgIpc) is 2.64. The van der Waals surface area contributed by atoms with E-state index in [1.165, 1.54) is 23.0 Å². The van der Waals surface area contributed by atoms with Gasteiger partial charge in [0.1, 0.15) is 5.82 Å². The maximum Gasteiger partial charge on any atom is 0.356 e. The van der Waals surface area contributed by atoms with Crippen LogP contribution in [0.5, 0.6) is 0 Å². The summed E-state index contributed by atoms with van der Waals surface area (Å²) in [5, 5.41) is 12.5. The molecular weight excluding hydrogens is 212 g/mol. The van der Waals surface area contributed by atoms with Crippen LogP contribution in [0.4, 0.5) is 0 Å². The number of H-pyrrole nitrogens is 1. The Morgan fingerprint density at radius 2 is 2.31 bits per heavy atom. The lowest BCUT2D eigenvalue weighted by atomic mass is 10.4. The maximum absolute atomic E-state index is 11.2. The summed E-state index contributed by atoms with van der Waals surface area (Å²) in [5.41, 5.74) is -0.408.